The quantitative estimate of drug-likeness (QED) is 0.398. The number of hydrogen-bond acceptors (Lipinski definition) is 4. The van der Waals surface area contributed by atoms with Crippen LogP contribution in [0.3, 0.4) is 0 Å². The van der Waals surface area contributed by atoms with E-state index in [0.717, 1.165) is 37.8 Å². The molecule has 3 rings (SSSR count). The van der Waals surface area contributed by atoms with E-state index in [9.17, 15) is 9.90 Å². The minimum absolute atomic E-state index is 0.0129. The molecule has 1 aliphatic heterocycles. The van der Waals surface area contributed by atoms with Crippen LogP contribution in [0.15, 0.2) is 48.0 Å². The Morgan fingerprint density at radius 3 is 2.79 bits per heavy atom. The summed E-state index contributed by atoms with van der Waals surface area (Å²) in [7, 11) is 1.96. The topological polar surface area (TPSA) is 55.8 Å². The average molecular weight is 386 g/mol. The molecule has 154 valence electrons. The monoisotopic (exact) mass is 385 g/mol. The third-order valence-electron chi connectivity index (χ3n) is 6.06. The highest BCUT2D eigenvalue weighted by Crippen LogP contribution is 2.33. The summed E-state index contributed by atoms with van der Waals surface area (Å²) in [6.07, 6.45) is 18.0. The Morgan fingerprint density at radius 2 is 2.07 bits per heavy atom. The second kappa shape index (κ2) is 10.1. The SMILES string of the molecule is C=C/C=C1/C(=O)N(CCCC(O)NC2CCCCCC2)C2=C(CCC=C2)N1C. The first-order valence-electron chi connectivity index (χ1n) is 10.8. The molecule has 0 spiro atoms. The van der Waals surface area contributed by atoms with Crippen molar-refractivity contribution < 1.29 is 9.90 Å². The molecule has 5 nitrogen and oxygen atoms in total. The zero-order valence-corrected chi connectivity index (χ0v) is 17.2. The maximum Gasteiger partial charge on any atom is 0.274 e. The van der Waals surface area contributed by atoms with Gasteiger partial charge < -0.3 is 14.9 Å². The van der Waals surface area contributed by atoms with E-state index < -0.39 is 6.23 Å². The molecule has 1 amide bonds. The Kier molecular flexibility index (Phi) is 7.51. The summed E-state index contributed by atoms with van der Waals surface area (Å²) in [6.45, 7) is 4.37. The van der Waals surface area contributed by atoms with Gasteiger partial charge in [0.1, 0.15) is 11.9 Å². The molecule has 0 saturated heterocycles. The molecule has 2 N–H and O–H groups in total. The zero-order valence-electron chi connectivity index (χ0n) is 17.2. The molecule has 28 heavy (non-hydrogen) atoms. The molecule has 5 heteroatoms. The highest BCUT2D eigenvalue weighted by atomic mass is 16.3. The molecule has 1 unspecified atom stereocenters. The van der Waals surface area contributed by atoms with Gasteiger partial charge in [0.2, 0.25) is 0 Å². The van der Waals surface area contributed by atoms with Gasteiger partial charge >= 0.3 is 0 Å². The van der Waals surface area contributed by atoms with Crippen LogP contribution in [-0.2, 0) is 4.79 Å². The van der Waals surface area contributed by atoms with Gasteiger partial charge in [-0.2, -0.15) is 0 Å². The second-order valence-corrected chi connectivity index (χ2v) is 8.09. The van der Waals surface area contributed by atoms with Crippen molar-refractivity contribution in [3.8, 4) is 0 Å². The predicted molar refractivity (Wildman–Crippen MR) is 113 cm³/mol. The Labute approximate surface area is 169 Å². The Balaban J connectivity index is 1.59. The van der Waals surface area contributed by atoms with E-state index in [0.29, 0.717) is 24.7 Å². The van der Waals surface area contributed by atoms with E-state index in [1.54, 1.807) is 12.2 Å². The largest absolute Gasteiger partial charge is 0.379 e. The number of carbonyl (C=O) groups is 1. The van der Waals surface area contributed by atoms with E-state index in [-0.39, 0.29) is 5.91 Å². The van der Waals surface area contributed by atoms with E-state index >= 15 is 0 Å². The number of aliphatic hydroxyl groups excluding tert-OH is 1. The number of rotatable bonds is 7. The van der Waals surface area contributed by atoms with Crippen LogP contribution in [0.4, 0.5) is 0 Å². The molecule has 0 aromatic heterocycles. The molecular weight excluding hydrogens is 350 g/mol. The van der Waals surface area contributed by atoms with Crippen molar-refractivity contribution >= 4 is 5.91 Å². The van der Waals surface area contributed by atoms with Crippen molar-refractivity contribution in [1.29, 1.82) is 0 Å². The third kappa shape index (κ3) is 4.95. The minimum atomic E-state index is -0.496. The van der Waals surface area contributed by atoms with E-state index in [2.05, 4.69) is 24.0 Å². The standard InChI is InChI=1S/C23H35N3O2/c1-3-11-21-23(28)26(20-15-9-8-14-19(20)25(21)2)17-10-16-22(27)24-18-12-6-4-5-7-13-18/h3,9,11,15,18,22,24,27H,1,4-8,10,12-14,16-17H2,2H3/b21-11-. The van der Waals surface area contributed by atoms with Gasteiger partial charge in [-0.25, -0.2) is 0 Å². The van der Waals surface area contributed by atoms with Crippen LogP contribution in [0, 0.1) is 0 Å². The van der Waals surface area contributed by atoms with Crippen molar-refractivity contribution in [3.05, 3.63) is 48.0 Å². The highest BCUT2D eigenvalue weighted by molar-refractivity contribution is 5.96. The Hall–Kier alpha value is -1.85. The lowest BCUT2D eigenvalue weighted by Crippen LogP contribution is -2.44. The summed E-state index contributed by atoms with van der Waals surface area (Å²) in [5, 5.41) is 13.8. The number of carbonyl (C=O) groups excluding carboxylic acids is 1. The van der Waals surface area contributed by atoms with Crippen LogP contribution in [0.5, 0.6) is 0 Å². The fraction of sp³-hybridized carbons (Fsp3) is 0.609. The average Bonchev–Trinajstić information content (AvgIpc) is 2.96. The molecule has 1 atom stereocenters. The smallest absolute Gasteiger partial charge is 0.274 e. The fourth-order valence-electron chi connectivity index (χ4n) is 4.52. The van der Waals surface area contributed by atoms with E-state index in [4.69, 9.17) is 0 Å². The molecule has 2 aliphatic carbocycles. The number of nitrogens with one attached hydrogen (secondary N) is 1. The van der Waals surface area contributed by atoms with Gasteiger partial charge in [-0.05, 0) is 50.7 Å². The molecule has 0 bridgehead atoms. The van der Waals surface area contributed by atoms with Crippen LogP contribution in [0.2, 0.25) is 0 Å². The molecule has 0 aromatic carbocycles. The van der Waals surface area contributed by atoms with Crippen molar-refractivity contribution in [3.63, 3.8) is 0 Å². The molecule has 1 heterocycles. The lowest BCUT2D eigenvalue weighted by Gasteiger charge is -2.39. The van der Waals surface area contributed by atoms with Gasteiger partial charge in [0.05, 0.1) is 5.70 Å². The molecule has 0 radical (unpaired) electrons. The van der Waals surface area contributed by atoms with Gasteiger partial charge in [0.15, 0.2) is 0 Å². The number of likely N-dealkylation sites (N-methyl/N-ethyl adjacent to an activating group) is 1. The number of aliphatic hydroxyl groups is 1. The second-order valence-electron chi connectivity index (χ2n) is 8.09. The van der Waals surface area contributed by atoms with Crippen molar-refractivity contribution in [1.82, 2.24) is 15.1 Å². The molecular formula is C23H35N3O2. The summed E-state index contributed by atoms with van der Waals surface area (Å²) < 4.78 is 0. The van der Waals surface area contributed by atoms with Gasteiger partial charge in [-0.1, -0.05) is 44.4 Å². The summed E-state index contributed by atoms with van der Waals surface area (Å²) in [5.74, 6) is 0.0129. The van der Waals surface area contributed by atoms with Crippen LogP contribution >= 0.6 is 0 Å². The Morgan fingerprint density at radius 1 is 1.32 bits per heavy atom. The van der Waals surface area contributed by atoms with Gasteiger partial charge in [0, 0.05) is 25.3 Å². The first kappa shape index (κ1) is 20.9. The molecule has 1 saturated carbocycles. The van der Waals surface area contributed by atoms with Gasteiger partial charge in [-0.15, -0.1) is 0 Å². The summed E-state index contributed by atoms with van der Waals surface area (Å²) in [5.41, 5.74) is 2.86. The fourth-order valence-corrected chi connectivity index (χ4v) is 4.52. The molecule has 0 aromatic rings. The molecule has 3 aliphatic rings. The first-order chi connectivity index (χ1) is 13.6. The van der Waals surface area contributed by atoms with Crippen molar-refractivity contribution in [2.75, 3.05) is 13.6 Å². The zero-order chi connectivity index (χ0) is 19.9. The lowest BCUT2D eigenvalue weighted by atomic mass is 10.0. The van der Waals surface area contributed by atoms with E-state index in [1.807, 2.05) is 16.8 Å². The lowest BCUT2D eigenvalue weighted by molar-refractivity contribution is -0.127. The number of allylic oxidation sites excluding steroid dienone is 5. The predicted octanol–water partition coefficient (Wildman–Crippen LogP) is 3.80. The number of nitrogens with zero attached hydrogens (tertiary/aromatic N) is 2. The van der Waals surface area contributed by atoms with Crippen molar-refractivity contribution in [2.45, 2.75) is 76.5 Å². The van der Waals surface area contributed by atoms with Crippen LogP contribution < -0.4 is 5.32 Å². The van der Waals surface area contributed by atoms with Crippen LogP contribution in [0.25, 0.3) is 0 Å². The number of amides is 1. The molecule has 1 fully saturated rings. The minimum Gasteiger partial charge on any atom is -0.379 e. The van der Waals surface area contributed by atoms with Crippen LogP contribution in [0.1, 0.15) is 64.2 Å². The summed E-state index contributed by atoms with van der Waals surface area (Å²) >= 11 is 0. The normalized spacial score (nSPS) is 23.8. The summed E-state index contributed by atoms with van der Waals surface area (Å²) in [6, 6.07) is 0.431. The van der Waals surface area contributed by atoms with Crippen LogP contribution in [-0.4, -0.2) is 46.7 Å². The highest BCUT2D eigenvalue weighted by Gasteiger charge is 2.33. The van der Waals surface area contributed by atoms with E-state index in [1.165, 1.54) is 31.4 Å². The van der Waals surface area contributed by atoms with Gasteiger partial charge in [-0.3, -0.25) is 10.1 Å². The third-order valence-corrected chi connectivity index (χ3v) is 6.06. The number of hydrogen-bond donors (Lipinski definition) is 2. The first-order valence-corrected chi connectivity index (χ1v) is 10.8. The van der Waals surface area contributed by atoms with Gasteiger partial charge in [0.25, 0.3) is 5.91 Å². The Bertz CT molecular complexity index is 657. The maximum atomic E-state index is 13.0. The summed E-state index contributed by atoms with van der Waals surface area (Å²) in [4.78, 5) is 16.9. The van der Waals surface area contributed by atoms with Crippen molar-refractivity contribution in [2.24, 2.45) is 0 Å². The maximum absolute atomic E-state index is 13.0.